The molecular weight excluding hydrogens is 206 g/mol. The Labute approximate surface area is 93.8 Å². The molecule has 0 saturated carbocycles. The van der Waals surface area contributed by atoms with Crippen LogP contribution in [0.5, 0.6) is 0 Å². The van der Waals surface area contributed by atoms with E-state index in [9.17, 15) is 0 Å². The standard InChI is InChI=1S/C11H15N3S/c1-4-8(2)9-7-15-11(13-9)10-12-5-6-14(10)3/h5-8H,4H2,1-3H3. The Morgan fingerprint density at radius 3 is 2.93 bits per heavy atom. The third kappa shape index (κ3) is 1.95. The van der Waals surface area contributed by atoms with Gasteiger partial charge in [0, 0.05) is 24.8 Å². The highest BCUT2D eigenvalue weighted by atomic mass is 32.1. The van der Waals surface area contributed by atoms with Crippen molar-refractivity contribution in [2.75, 3.05) is 0 Å². The second-order valence-electron chi connectivity index (χ2n) is 3.75. The van der Waals surface area contributed by atoms with Crippen molar-refractivity contribution in [3.63, 3.8) is 0 Å². The molecule has 2 aromatic heterocycles. The Morgan fingerprint density at radius 1 is 1.53 bits per heavy atom. The lowest BCUT2D eigenvalue weighted by Gasteiger charge is -2.02. The van der Waals surface area contributed by atoms with E-state index in [0.29, 0.717) is 5.92 Å². The maximum Gasteiger partial charge on any atom is 0.168 e. The lowest BCUT2D eigenvalue weighted by molar-refractivity contribution is 0.713. The lowest BCUT2D eigenvalue weighted by Crippen LogP contribution is -1.93. The number of rotatable bonds is 3. The Balaban J connectivity index is 2.32. The molecule has 0 bridgehead atoms. The summed E-state index contributed by atoms with van der Waals surface area (Å²) in [5.74, 6) is 1.49. The number of aromatic nitrogens is 3. The van der Waals surface area contributed by atoms with Crippen LogP contribution in [0.25, 0.3) is 10.8 Å². The van der Waals surface area contributed by atoms with E-state index in [4.69, 9.17) is 0 Å². The summed E-state index contributed by atoms with van der Waals surface area (Å²) in [5.41, 5.74) is 1.18. The first-order valence-electron chi connectivity index (χ1n) is 5.15. The molecule has 4 heteroatoms. The second-order valence-corrected chi connectivity index (χ2v) is 4.61. The molecule has 1 atom stereocenters. The van der Waals surface area contributed by atoms with E-state index in [-0.39, 0.29) is 0 Å². The van der Waals surface area contributed by atoms with Gasteiger partial charge >= 0.3 is 0 Å². The SMILES string of the molecule is CCC(C)c1csc(-c2nccn2C)n1. The number of nitrogens with zero attached hydrogens (tertiary/aromatic N) is 3. The maximum atomic E-state index is 4.62. The number of hydrogen-bond donors (Lipinski definition) is 0. The summed E-state index contributed by atoms with van der Waals surface area (Å²) in [6.45, 7) is 4.39. The molecule has 0 N–H and O–H groups in total. The molecule has 0 aliphatic heterocycles. The van der Waals surface area contributed by atoms with Gasteiger partial charge in [0.2, 0.25) is 0 Å². The van der Waals surface area contributed by atoms with Gasteiger partial charge in [-0.3, -0.25) is 0 Å². The lowest BCUT2D eigenvalue weighted by atomic mass is 10.1. The van der Waals surface area contributed by atoms with Crippen molar-refractivity contribution in [2.45, 2.75) is 26.2 Å². The summed E-state index contributed by atoms with van der Waals surface area (Å²) in [7, 11) is 1.99. The van der Waals surface area contributed by atoms with E-state index in [2.05, 4.69) is 29.2 Å². The van der Waals surface area contributed by atoms with Crippen molar-refractivity contribution in [3.8, 4) is 10.8 Å². The predicted molar refractivity (Wildman–Crippen MR) is 63.0 cm³/mol. The molecule has 0 saturated heterocycles. The van der Waals surface area contributed by atoms with E-state index in [1.807, 2.05) is 17.8 Å². The topological polar surface area (TPSA) is 30.7 Å². The highest BCUT2D eigenvalue weighted by molar-refractivity contribution is 7.13. The van der Waals surface area contributed by atoms with Crippen LogP contribution in [0.15, 0.2) is 17.8 Å². The minimum absolute atomic E-state index is 0.537. The minimum atomic E-state index is 0.537. The van der Waals surface area contributed by atoms with Crippen LogP contribution < -0.4 is 0 Å². The summed E-state index contributed by atoms with van der Waals surface area (Å²) >= 11 is 1.67. The average Bonchev–Trinajstić information content (AvgIpc) is 2.84. The molecule has 2 rings (SSSR count). The van der Waals surface area contributed by atoms with Crippen LogP contribution in [0.3, 0.4) is 0 Å². The van der Waals surface area contributed by atoms with E-state index >= 15 is 0 Å². The first-order valence-corrected chi connectivity index (χ1v) is 6.03. The van der Waals surface area contributed by atoms with Crippen LogP contribution in [0, 0.1) is 0 Å². The molecule has 80 valence electrons. The van der Waals surface area contributed by atoms with E-state index in [1.165, 1.54) is 5.69 Å². The van der Waals surface area contributed by atoms with Gasteiger partial charge in [0.15, 0.2) is 10.8 Å². The molecule has 3 nitrogen and oxygen atoms in total. The summed E-state index contributed by atoms with van der Waals surface area (Å²) < 4.78 is 2.00. The molecule has 0 fully saturated rings. The second kappa shape index (κ2) is 4.14. The van der Waals surface area contributed by atoms with E-state index in [0.717, 1.165) is 17.3 Å². The largest absolute Gasteiger partial charge is 0.332 e. The Bertz CT molecular complexity index is 444. The van der Waals surface area contributed by atoms with Gasteiger partial charge in [-0.2, -0.15) is 0 Å². The minimum Gasteiger partial charge on any atom is -0.332 e. The van der Waals surface area contributed by atoms with Gasteiger partial charge in [-0.25, -0.2) is 9.97 Å². The molecule has 0 aliphatic rings. The van der Waals surface area contributed by atoms with Gasteiger partial charge in [-0.1, -0.05) is 13.8 Å². The first-order chi connectivity index (χ1) is 7.22. The van der Waals surface area contributed by atoms with Gasteiger partial charge < -0.3 is 4.57 Å². The monoisotopic (exact) mass is 221 g/mol. The highest BCUT2D eigenvalue weighted by Gasteiger charge is 2.11. The van der Waals surface area contributed by atoms with Gasteiger partial charge in [-0.05, 0) is 12.3 Å². The van der Waals surface area contributed by atoms with E-state index < -0.39 is 0 Å². The third-order valence-electron chi connectivity index (χ3n) is 2.65. The number of imidazole rings is 1. The van der Waals surface area contributed by atoms with Crippen LogP contribution in [0.2, 0.25) is 0 Å². The predicted octanol–water partition coefficient (Wildman–Crippen LogP) is 3.06. The molecular formula is C11H15N3S. The Morgan fingerprint density at radius 2 is 2.33 bits per heavy atom. The van der Waals surface area contributed by atoms with Crippen molar-refractivity contribution >= 4 is 11.3 Å². The van der Waals surface area contributed by atoms with Gasteiger partial charge in [-0.15, -0.1) is 11.3 Å². The Hall–Kier alpha value is -1.16. The molecule has 0 radical (unpaired) electrons. The van der Waals surface area contributed by atoms with Gasteiger partial charge in [0.1, 0.15) is 0 Å². The zero-order valence-electron chi connectivity index (χ0n) is 9.27. The fourth-order valence-corrected chi connectivity index (χ4v) is 2.37. The number of thiazole rings is 1. The summed E-state index contributed by atoms with van der Waals surface area (Å²) in [6.07, 6.45) is 4.88. The van der Waals surface area contributed by atoms with Crippen molar-refractivity contribution in [3.05, 3.63) is 23.5 Å². The van der Waals surface area contributed by atoms with Crippen LogP contribution in [0.4, 0.5) is 0 Å². The molecule has 1 unspecified atom stereocenters. The smallest absolute Gasteiger partial charge is 0.168 e. The van der Waals surface area contributed by atoms with Crippen LogP contribution in [0.1, 0.15) is 31.9 Å². The Kier molecular flexibility index (Phi) is 2.86. The van der Waals surface area contributed by atoms with Crippen molar-refractivity contribution in [1.82, 2.24) is 14.5 Å². The fourth-order valence-electron chi connectivity index (χ4n) is 1.40. The molecule has 2 aromatic rings. The summed E-state index contributed by atoms with van der Waals surface area (Å²) in [5, 5.41) is 3.15. The van der Waals surface area contributed by atoms with Gasteiger partial charge in [0.05, 0.1) is 5.69 Å². The molecule has 2 heterocycles. The fraction of sp³-hybridized carbons (Fsp3) is 0.455. The van der Waals surface area contributed by atoms with Crippen LogP contribution in [-0.4, -0.2) is 14.5 Å². The summed E-state index contributed by atoms with van der Waals surface area (Å²) in [6, 6.07) is 0. The quantitative estimate of drug-likeness (QED) is 0.797. The maximum absolute atomic E-state index is 4.62. The molecule has 0 aliphatic carbocycles. The van der Waals surface area contributed by atoms with Gasteiger partial charge in [0.25, 0.3) is 0 Å². The van der Waals surface area contributed by atoms with Crippen molar-refractivity contribution < 1.29 is 0 Å². The van der Waals surface area contributed by atoms with E-state index in [1.54, 1.807) is 17.5 Å². The molecule has 0 aromatic carbocycles. The van der Waals surface area contributed by atoms with Crippen LogP contribution >= 0.6 is 11.3 Å². The zero-order chi connectivity index (χ0) is 10.8. The number of hydrogen-bond acceptors (Lipinski definition) is 3. The normalized spacial score (nSPS) is 13.0. The molecule has 15 heavy (non-hydrogen) atoms. The van der Waals surface area contributed by atoms with Crippen LogP contribution in [-0.2, 0) is 7.05 Å². The first kappa shape index (κ1) is 10.4. The summed E-state index contributed by atoms with van der Waals surface area (Å²) in [4.78, 5) is 8.91. The highest BCUT2D eigenvalue weighted by Crippen LogP contribution is 2.26. The number of aryl methyl sites for hydroxylation is 1. The molecule has 0 amide bonds. The van der Waals surface area contributed by atoms with Crippen molar-refractivity contribution in [1.29, 1.82) is 0 Å². The molecule has 0 spiro atoms. The zero-order valence-corrected chi connectivity index (χ0v) is 10.1. The third-order valence-corrected chi connectivity index (χ3v) is 3.51. The van der Waals surface area contributed by atoms with Crippen molar-refractivity contribution in [2.24, 2.45) is 7.05 Å². The average molecular weight is 221 g/mol.